The zero-order valence-electron chi connectivity index (χ0n) is 10.1. The quantitative estimate of drug-likeness (QED) is 0.588. The third kappa shape index (κ3) is 2.26. The van der Waals surface area contributed by atoms with Crippen LogP contribution in [0.2, 0.25) is 0 Å². The van der Waals surface area contributed by atoms with Crippen LogP contribution in [0.25, 0.3) is 0 Å². The molecule has 0 N–H and O–H groups in total. The fourth-order valence-electron chi connectivity index (χ4n) is 2.33. The van der Waals surface area contributed by atoms with E-state index in [9.17, 15) is 0 Å². The first-order chi connectivity index (χ1) is 6.98. The molecule has 0 aliphatic heterocycles. The smallest absolute Gasteiger partial charge is 0.0132 e. The molecule has 1 atom stereocenters. The third-order valence-electron chi connectivity index (χ3n) is 3.37. The van der Waals surface area contributed by atoms with E-state index in [1.54, 1.807) is 11.1 Å². The Morgan fingerprint density at radius 1 is 1.07 bits per heavy atom. The van der Waals surface area contributed by atoms with Gasteiger partial charge in [0.15, 0.2) is 0 Å². The standard InChI is InChI=1S/C14H21P/c1-14(2,3)11-8-10-6-4-5-7-12(10)13(15)9-11/h8-9H,4-7,15H2,1-3H3. The molecule has 0 amide bonds. The minimum absolute atomic E-state index is 0.276. The summed E-state index contributed by atoms with van der Waals surface area (Å²) in [5.74, 6) is 0. The lowest BCUT2D eigenvalue weighted by Crippen LogP contribution is -2.18. The first-order valence-electron chi connectivity index (χ1n) is 5.90. The Morgan fingerprint density at radius 3 is 2.40 bits per heavy atom. The summed E-state index contributed by atoms with van der Waals surface area (Å²) in [5.41, 5.74) is 4.95. The van der Waals surface area contributed by atoms with Crippen LogP contribution >= 0.6 is 9.24 Å². The molecule has 1 aliphatic carbocycles. The normalized spacial score (nSPS) is 16.3. The van der Waals surface area contributed by atoms with E-state index in [1.807, 2.05) is 0 Å². The van der Waals surface area contributed by atoms with Crippen molar-refractivity contribution in [2.45, 2.75) is 51.9 Å². The van der Waals surface area contributed by atoms with E-state index in [4.69, 9.17) is 0 Å². The lowest BCUT2D eigenvalue weighted by atomic mass is 9.82. The molecule has 1 heteroatoms. The third-order valence-corrected chi connectivity index (χ3v) is 3.88. The summed E-state index contributed by atoms with van der Waals surface area (Å²) in [7, 11) is 2.92. The van der Waals surface area contributed by atoms with Crippen molar-refractivity contribution in [1.29, 1.82) is 0 Å². The maximum atomic E-state index is 2.92. The minimum Gasteiger partial charge on any atom is -0.105 e. The van der Waals surface area contributed by atoms with E-state index in [0.29, 0.717) is 0 Å². The summed E-state index contributed by atoms with van der Waals surface area (Å²) in [6.45, 7) is 6.88. The van der Waals surface area contributed by atoms with Gasteiger partial charge in [-0.25, -0.2) is 0 Å². The van der Waals surface area contributed by atoms with E-state index in [-0.39, 0.29) is 5.41 Å². The summed E-state index contributed by atoms with van der Waals surface area (Å²) in [6, 6.07) is 4.79. The molecule has 1 unspecified atom stereocenters. The van der Waals surface area contributed by atoms with Crippen LogP contribution in [0.4, 0.5) is 0 Å². The van der Waals surface area contributed by atoms with Gasteiger partial charge in [0.2, 0.25) is 0 Å². The molecule has 0 nitrogen and oxygen atoms in total. The number of aryl methyl sites for hydroxylation is 1. The van der Waals surface area contributed by atoms with Crippen LogP contribution < -0.4 is 5.30 Å². The Morgan fingerprint density at radius 2 is 1.73 bits per heavy atom. The van der Waals surface area contributed by atoms with Crippen LogP contribution in [0, 0.1) is 0 Å². The molecular weight excluding hydrogens is 199 g/mol. The lowest BCUT2D eigenvalue weighted by Gasteiger charge is -2.25. The van der Waals surface area contributed by atoms with Gasteiger partial charge in [-0.1, -0.05) is 32.9 Å². The SMILES string of the molecule is CC(C)(C)c1cc(P)c2c(c1)CCCC2. The number of hydrogen-bond acceptors (Lipinski definition) is 0. The second-order valence-corrected chi connectivity index (χ2v) is 6.28. The van der Waals surface area contributed by atoms with Gasteiger partial charge in [-0.05, 0) is 53.1 Å². The molecule has 0 spiro atoms. The first kappa shape index (κ1) is 11.1. The van der Waals surface area contributed by atoms with E-state index in [0.717, 1.165) is 0 Å². The fraction of sp³-hybridized carbons (Fsp3) is 0.571. The van der Waals surface area contributed by atoms with Gasteiger partial charge in [0.05, 0.1) is 0 Å². The topological polar surface area (TPSA) is 0 Å². The van der Waals surface area contributed by atoms with Gasteiger partial charge in [0.25, 0.3) is 0 Å². The lowest BCUT2D eigenvalue weighted by molar-refractivity contribution is 0.587. The maximum absolute atomic E-state index is 2.92. The van der Waals surface area contributed by atoms with Gasteiger partial charge in [-0.3, -0.25) is 0 Å². The van der Waals surface area contributed by atoms with Crippen LogP contribution in [0.15, 0.2) is 12.1 Å². The van der Waals surface area contributed by atoms with Crippen molar-refractivity contribution in [3.8, 4) is 0 Å². The van der Waals surface area contributed by atoms with Gasteiger partial charge < -0.3 is 0 Å². The van der Waals surface area contributed by atoms with Crippen LogP contribution in [-0.4, -0.2) is 0 Å². The van der Waals surface area contributed by atoms with Crippen molar-refractivity contribution in [3.05, 3.63) is 28.8 Å². The predicted octanol–water partition coefficient (Wildman–Crippen LogP) is 3.36. The number of rotatable bonds is 0. The van der Waals surface area contributed by atoms with E-state index < -0.39 is 0 Å². The van der Waals surface area contributed by atoms with Crippen molar-refractivity contribution in [3.63, 3.8) is 0 Å². The van der Waals surface area contributed by atoms with Gasteiger partial charge >= 0.3 is 0 Å². The molecule has 0 heterocycles. The van der Waals surface area contributed by atoms with E-state index in [2.05, 4.69) is 42.1 Å². The summed E-state index contributed by atoms with van der Waals surface area (Å²) in [6.07, 6.45) is 5.28. The van der Waals surface area contributed by atoms with Crippen molar-refractivity contribution in [2.24, 2.45) is 0 Å². The maximum Gasteiger partial charge on any atom is -0.0132 e. The zero-order chi connectivity index (χ0) is 11.1. The molecule has 0 saturated heterocycles. The molecular formula is C14H21P. The number of fused-ring (bicyclic) bond motifs is 1. The second kappa shape index (κ2) is 3.91. The van der Waals surface area contributed by atoms with Gasteiger partial charge in [0.1, 0.15) is 0 Å². The Hall–Kier alpha value is -0.350. The molecule has 0 fully saturated rings. The highest BCUT2D eigenvalue weighted by Crippen LogP contribution is 2.28. The highest BCUT2D eigenvalue weighted by atomic mass is 31.0. The molecule has 0 bridgehead atoms. The Balaban J connectivity index is 2.50. The zero-order valence-corrected chi connectivity index (χ0v) is 11.2. The van der Waals surface area contributed by atoms with Crippen molar-refractivity contribution >= 4 is 14.5 Å². The molecule has 0 radical (unpaired) electrons. The molecule has 1 aromatic rings. The molecule has 2 rings (SSSR count). The Bertz CT molecular complexity index is 372. The van der Waals surface area contributed by atoms with Gasteiger partial charge in [-0.2, -0.15) is 0 Å². The molecule has 15 heavy (non-hydrogen) atoms. The predicted molar refractivity (Wildman–Crippen MR) is 71.1 cm³/mol. The fourth-order valence-corrected chi connectivity index (χ4v) is 2.84. The minimum atomic E-state index is 0.276. The largest absolute Gasteiger partial charge is 0.105 e. The summed E-state index contributed by atoms with van der Waals surface area (Å²) in [5, 5.41) is 1.43. The first-order valence-corrected chi connectivity index (χ1v) is 6.48. The summed E-state index contributed by atoms with van der Waals surface area (Å²) >= 11 is 0. The number of benzene rings is 1. The van der Waals surface area contributed by atoms with Crippen molar-refractivity contribution in [1.82, 2.24) is 0 Å². The highest BCUT2D eigenvalue weighted by molar-refractivity contribution is 7.27. The average molecular weight is 220 g/mol. The van der Waals surface area contributed by atoms with Crippen LogP contribution in [0.1, 0.15) is 50.3 Å². The van der Waals surface area contributed by atoms with Crippen molar-refractivity contribution < 1.29 is 0 Å². The van der Waals surface area contributed by atoms with E-state index in [1.165, 1.54) is 36.6 Å². The van der Waals surface area contributed by atoms with Gasteiger partial charge in [0, 0.05) is 0 Å². The Labute approximate surface area is 95.7 Å². The monoisotopic (exact) mass is 220 g/mol. The molecule has 82 valence electrons. The number of hydrogen-bond donors (Lipinski definition) is 0. The van der Waals surface area contributed by atoms with E-state index >= 15 is 0 Å². The Kier molecular flexibility index (Phi) is 2.90. The van der Waals surface area contributed by atoms with Crippen LogP contribution in [0.5, 0.6) is 0 Å². The van der Waals surface area contributed by atoms with Crippen molar-refractivity contribution in [2.75, 3.05) is 0 Å². The summed E-state index contributed by atoms with van der Waals surface area (Å²) < 4.78 is 0. The molecule has 1 aliphatic rings. The molecule has 1 aromatic carbocycles. The summed E-state index contributed by atoms with van der Waals surface area (Å²) in [4.78, 5) is 0. The average Bonchev–Trinajstić information content (AvgIpc) is 2.16. The van der Waals surface area contributed by atoms with Gasteiger partial charge in [-0.15, -0.1) is 9.24 Å². The second-order valence-electron chi connectivity index (χ2n) is 5.66. The molecule has 0 aromatic heterocycles. The highest BCUT2D eigenvalue weighted by Gasteiger charge is 2.18. The van der Waals surface area contributed by atoms with Crippen LogP contribution in [0.3, 0.4) is 0 Å². The molecule has 0 saturated carbocycles. The van der Waals surface area contributed by atoms with Crippen LogP contribution in [-0.2, 0) is 18.3 Å².